The van der Waals surface area contributed by atoms with Crippen LogP contribution in [0.4, 0.5) is 0 Å². The summed E-state index contributed by atoms with van der Waals surface area (Å²) in [6.45, 7) is 5.01. The van der Waals surface area contributed by atoms with Crippen LogP contribution in [0.2, 0.25) is 0 Å². The highest BCUT2D eigenvalue weighted by Gasteiger charge is 2.12. The molecule has 0 aliphatic carbocycles. The Balaban J connectivity index is 2.18. The predicted molar refractivity (Wildman–Crippen MR) is 41.6 cm³/mol. The van der Waals surface area contributed by atoms with Crippen molar-refractivity contribution in [2.75, 3.05) is 19.7 Å². The summed E-state index contributed by atoms with van der Waals surface area (Å²) in [6.07, 6.45) is 2.88. The Morgan fingerprint density at radius 3 is 3.10 bits per heavy atom. The van der Waals surface area contributed by atoms with Gasteiger partial charge in [-0.3, -0.25) is 7.05 Å². The van der Waals surface area contributed by atoms with Gasteiger partial charge >= 0.3 is 0 Å². The molecule has 1 rings (SSSR count). The third kappa shape index (κ3) is 2.27. The molecule has 0 saturated carbocycles. The van der Waals surface area contributed by atoms with E-state index in [0.29, 0.717) is 6.10 Å². The van der Waals surface area contributed by atoms with Crippen molar-refractivity contribution in [3.63, 3.8) is 0 Å². The number of likely N-dealkylation sites (tertiary alicyclic amines) is 1. The van der Waals surface area contributed by atoms with Gasteiger partial charge in [0, 0.05) is 6.61 Å². The summed E-state index contributed by atoms with van der Waals surface area (Å²) in [5.41, 5.74) is 0. The lowest BCUT2D eigenvalue weighted by Crippen LogP contribution is -2.35. The van der Waals surface area contributed by atoms with Gasteiger partial charge in [-0.2, -0.15) is 0 Å². The molecule has 0 radical (unpaired) electrons. The lowest BCUT2D eigenvalue weighted by Gasteiger charge is -2.34. The van der Waals surface area contributed by atoms with Crippen LogP contribution in [0.3, 0.4) is 0 Å². The summed E-state index contributed by atoms with van der Waals surface area (Å²) in [5, 5.41) is 0. The molecule has 1 heterocycles. The topological polar surface area (TPSA) is 12.5 Å². The average molecular weight is 142 g/mol. The zero-order valence-corrected chi connectivity index (χ0v) is 6.68. The summed E-state index contributed by atoms with van der Waals surface area (Å²) >= 11 is 0. The van der Waals surface area contributed by atoms with Crippen molar-refractivity contribution in [2.24, 2.45) is 0 Å². The molecule has 1 fully saturated rings. The lowest BCUT2D eigenvalue weighted by molar-refractivity contribution is 0.0178. The SMILES string of the molecule is [CH2-]N1CCC[C@@H](OCC)C1. The van der Waals surface area contributed by atoms with E-state index >= 15 is 0 Å². The summed E-state index contributed by atoms with van der Waals surface area (Å²) in [5.74, 6) is 0. The first-order valence-corrected chi connectivity index (χ1v) is 4.00. The minimum atomic E-state index is 0.441. The molecule has 0 aromatic heterocycles. The second-order valence-corrected chi connectivity index (χ2v) is 2.80. The number of ether oxygens (including phenoxy) is 1. The van der Waals surface area contributed by atoms with Crippen molar-refractivity contribution in [1.29, 1.82) is 0 Å². The maximum Gasteiger partial charge on any atom is 0.0678 e. The normalized spacial score (nSPS) is 28.8. The van der Waals surface area contributed by atoms with Crippen LogP contribution in [0.15, 0.2) is 0 Å². The Kier molecular flexibility index (Phi) is 3.16. The van der Waals surface area contributed by atoms with Gasteiger partial charge in [-0.05, 0) is 32.9 Å². The van der Waals surface area contributed by atoms with Gasteiger partial charge in [-0.15, -0.1) is 0 Å². The van der Waals surface area contributed by atoms with Crippen LogP contribution < -0.4 is 0 Å². The number of hydrogen-bond acceptors (Lipinski definition) is 2. The first-order valence-electron chi connectivity index (χ1n) is 4.00. The number of rotatable bonds is 2. The van der Waals surface area contributed by atoms with Crippen molar-refractivity contribution in [2.45, 2.75) is 25.9 Å². The van der Waals surface area contributed by atoms with E-state index in [-0.39, 0.29) is 0 Å². The van der Waals surface area contributed by atoms with E-state index in [2.05, 4.69) is 11.9 Å². The van der Waals surface area contributed by atoms with Gasteiger partial charge in [0.25, 0.3) is 0 Å². The van der Waals surface area contributed by atoms with E-state index in [1.165, 1.54) is 12.8 Å². The molecule has 2 nitrogen and oxygen atoms in total. The Morgan fingerprint density at radius 2 is 2.50 bits per heavy atom. The van der Waals surface area contributed by atoms with Crippen LogP contribution in [-0.2, 0) is 4.74 Å². The molecule has 1 atom stereocenters. The van der Waals surface area contributed by atoms with Crippen molar-refractivity contribution < 1.29 is 4.74 Å². The van der Waals surface area contributed by atoms with E-state index in [0.717, 1.165) is 19.7 Å². The molecule has 1 aliphatic heterocycles. The number of piperidine rings is 1. The van der Waals surface area contributed by atoms with E-state index in [4.69, 9.17) is 4.74 Å². The summed E-state index contributed by atoms with van der Waals surface area (Å²) in [4.78, 5) is 2.09. The summed E-state index contributed by atoms with van der Waals surface area (Å²) in [6, 6.07) is 0. The van der Waals surface area contributed by atoms with Crippen LogP contribution in [0.25, 0.3) is 0 Å². The highest BCUT2D eigenvalue weighted by molar-refractivity contribution is 4.71. The van der Waals surface area contributed by atoms with Crippen LogP contribution in [0, 0.1) is 7.05 Å². The maximum absolute atomic E-state index is 5.47. The quantitative estimate of drug-likeness (QED) is 0.538. The molecule has 1 saturated heterocycles. The highest BCUT2D eigenvalue weighted by Crippen LogP contribution is 2.11. The fourth-order valence-electron chi connectivity index (χ4n) is 1.38. The van der Waals surface area contributed by atoms with Gasteiger partial charge in [-0.25, -0.2) is 0 Å². The predicted octanol–water partition coefficient (Wildman–Crippen LogP) is 1.28. The zero-order valence-electron chi connectivity index (χ0n) is 6.68. The Morgan fingerprint density at radius 1 is 1.70 bits per heavy atom. The van der Waals surface area contributed by atoms with Gasteiger partial charge in [0.15, 0.2) is 0 Å². The maximum atomic E-state index is 5.47. The van der Waals surface area contributed by atoms with E-state index in [1.807, 2.05) is 6.92 Å². The molecular weight excluding hydrogens is 126 g/mol. The lowest BCUT2D eigenvalue weighted by atomic mass is 10.1. The van der Waals surface area contributed by atoms with E-state index in [1.54, 1.807) is 0 Å². The van der Waals surface area contributed by atoms with Crippen LogP contribution in [-0.4, -0.2) is 30.7 Å². The average Bonchev–Trinajstić information content (AvgIpc) is 1.88. The van der Waals surface area contributed by atoms with Crippen molar-refractivity contribution in [3.05, 3.63) is 7.05 Å². The molecule has 0 bridgehead atoms. The zero-order chi connectivity index (χ0) is 7.40. The molecule has 2 heteroatoms. The first-order chi connectivity index (χ1) is 4.83. The van der Waals surface area contributed by atoms with Crippen molar-refractivity contribution in [1.82, 2.24) is 4.90 Å². The molecule has 0 amide bonds. The second kappa shape index (κ2) is 3.94. The third-order valence-corrected chi connectivity index (χ3v) is 1.86. The molecule has 0 unspecified atom stereocenters. The first kappa shape index (κ1) is 8.02. The van der Waals surface area contributed by atoms with E-state index < -0.39 is 0 Å². The van der Waals surface area contributed by atoms with Crippen LogP contribution in [0.1, 0.15) is 19.8 Å². The van der Waals surface area contributed by atoms with Crippen LogP contribution >= 0.6 is 0 Å². The molecule has 0 N–H and O–H groups in total. The Hall–Kier alpha value is -0.0800. The van der Waals surface area contributed by atoms with E-state index in [9.17, 15) is 0 Å². The third-order valence-electron chi connectivity index (χ3n) is 1.86. The minimum Gasteiger partial charge on any atom is -0.457 e. The van der Waals surface area contributed by atoms with Gasteiger partial charge in [-0.1, -0.05) is 0 Å². The minimum absolute atomic E-state index is 0.441. The fraction of sp³-hybridized carbons (Fsp3) is 0.875. The Bertz CT molecular complexity index is 93.3. The molecule has 1 aliphatic rings. The molecule has 60 valence electrons. The van der Waals surface area contributed by atoms with Crippen LogP contribution in [0.5, 0.6) is 0 Å². The largest absolute Gasteiger partial charge is 0.457 e. The number of nitrogens with zero attached hydrogens (tertiary/aromatic N) is 1. The molecular formula is C8H16NO-. The molecule has 0 aromatic rings. The van der Waals surface area contributed by atoms with Gasteiger partial charge in [0.05, 0.1) is 6.10 Å². The second-order valence-electron chi connectivity index (χ2n) is 2.80. The fourth-order valence-corrected chi connectivity index (χ4v) is 1.38. The molecule has 10 heavy (non-hydrogen) atoms. The van der Waals surface area contributed by atoms with Crippen molar-refractivity contribution in [3.8, 4) is 0 Å². The Labute approximate surface area is 63.2 Å². The monoisotopic (exact) mass is 142 g/mol. The summed E-state index contributed by atoms with van der Waals surface area (Å²) < 4.78 is 5.47. The van der Waals surface area contributed by atoms with Gasteiger partial charge in [0.2, 0.25) is 0 Å². The smallest absolute Gasteiger partial charge is 0.0678 e. The number of hydrogen-bond donors (Lipinski definition) is 0. The standard InChI is InChI=1S/C8H16NO/c1-3-10-8-5-4-6-9(2)7-8/h8H,2-7H2,1H3/q-1/t8-/m1/s1. The van der Waals surface area contributed by atoms with Gasteiger partial charge in [0.1, 0.15) is 0 Å². The highest BCUT2D eigenvalue weighted by atomic mass is 16.5. The molecule has 0 spiro atoms. The van der Waals surface area contributed by atoms with Crippen molar-refractivity contribution >= 4 is 0 Å². The van der Waals surface area contributed by atoms with Gasteiger partial charge < -0.3 is 9.64 Å². The molecule has 0 aromatic carbocycles. The summed E-state index contributed by atoms with van der Waals surface area (Å²) in [7, 11) is 3.88.